The molecule has 2 heterocycles. The fraction of sp³-hybridized carbons (Fsp3) is 0.407. The van der Waals surface area contributed by atoms with Gasteiger partial charge in [-0.25, -0.2) is 9.78 Å². The Labute approximate surface area is 200 Å². The summed E-state index contributed by atoms with van der Waals surface area (Å²) in [6.07, 6.45) is 0.630. The van der Waals surface area contributed by atoms with Gasteiger partial charge in [0.15, 0.2) is 0 Å². The summed E-state index contributed by atoms with van der Waals surface area (Å²) in [7, 11) is 4.64. The number of pyridine rings is 1. The van der Waals surface area contributed by atoms with Gasteiger partial charge in [-0.1, -0.05) is 6.07 Å². The number of nitrogens with one attached hydrogen (secondary N) is 1. The topological polar surface area (TPSA) is 89.9 Å². The lowest BCUT2D eigenvalue weighted by atomic mass is 9.84. The SMILES string of the molecule is COC(=O)c1cc2c(OC)c(C)c(C)cc2c([C@@H]2Cc3cc(C)c(C)c(OC)c3[C@H](CO)N2)n1. The number of aryl methyl sites for hydroxylation is 2. The number of hydrogen-bond donors (Lipinski definition) is 2. The number of aliphatic hydroxyl groups excluding tert-OH is 1. The highest BCUT2D eigenvalue weighted by Crippen LogP contribution is 2.42. The molecule has 0 saturated carbocycles. The summed E-state index contributed by atoms with van der Waals surface area (Å²) in [4.78, 5) is 17.3. The average molecular weight is 465 g/mol. The summed E-state index contributed by atoms with van der Waals surface area (Å²) in [5, 5.41) is 15.6. The molecule has 0 fully saturated rings. The van der Waals surface area contributed by atoms with Gasteiger partial charge in [-0.3, -0.25) is 5.32 Å². The van der Waals surface area contributed by atoms with Crippen LogP contribution in [0.4, 0.5) is 0 Å². The van der Waals surface area contributed by atoms with E-state index in [0.717, 1.165) is 55.6 Å². The highest BCUT2D eigenvalue weighted by atomic mass is 16.5. The first-order valence-electron chi connectivity index (χ1n) is 11.4. The summed E-state index contributed by atoms with van der Waals surface area (Å²) >= 11 is 0. The van der Waals surface area contributed by atoms with Crippen molar-refractivity contribution in [2.75, 3.05) is 27.9 Å². The smallest absolute Gasteiger partial charge is 0.356 e. The molecule has 0 amide bonds. The lowest BCUT2D eigenvalue weighted by Crippen LogP contribution is -2.36. The van der Waals surface area contributed by atoms with Crippen LogP contribution in [0, 0.1) is 27.7 Å². The lowest BCUT2D eigenvalue weighted by Gasteiger charge is -2.35. The molecule has 7 heteroatoms. The van der Waals surface area contributed by atoms with E-state index in [-0.39, 0.29) is 24.4 Å². The number of nitrogens with zero attached hydrogens (tertiary/aromatic N) is 1. The number of benzene rings is 2. The zero-order chi connectivity index (χ0) is 24.7. The summed E-state index contributed by atoms with van der Waals surface area (Å²) < 4.78 is 16.5. The van der Waals surface area contributed by atoms with E-state index in [0.29, 0.717) is 12.2 Å². The standard InChI is InChI=1S/C27H32N2O5/c1-13-8-17-10-20(28-22(12-30)23(17)26(33-6)16(13)4)24-18-9-14(2)15(3)25(32-5)19(18)11-21(29-24)27(31)34-7/h8-9,11,20,22,28,30H,10,12H2,1-7H3/t20-,22-/m0/s1. The molecule has 1 aliphatic rings. The lowest BCUT2D eigenvalue weighted by molar-refractivity contribution is 0.0593. The third kappa shape index (κ3) is 3.79. The van der Waals surface area contributed by atoms with E-state index in [1.54, 1.807) is 20.3 Å². The van der Waals surface area contributed by atoms with Crippen LogP contribution in [0.2, 0.25) is 0 Å². The number of esters is 1. The summed E-state index contributed by atoms with van der Waals surface area (Å²) in [6.45, 7) is 8.03. The Hall–Kier alpha value is -3.16. The van der Waals surface area contributed by atoms with E-state index in [2.05, 4.69) is 24.4 Å². The molecule has 2 N–H and O–H groups in total. The third-order valence-corrected chi connectivity index (χ3v) is 7.03. The van der Waals surface area contributed by atoms with E-state index in [1.165, 1.54) is 7.11 Å². The van der Waals surface area contributed by atoms with Crippen molar-refractivity contribution in [3.63, 3.8) is 0 Å². The molecule has 0 radical (unpaired) electrons. The second-order valence-corrected chi connectivity index (χ2v) is 8.91. The van der Waals surface area contributed by atoms with Crippen molar-refractivity contribution in [3.05, 3.63) is 63.0 Å². The van der Waals surface area contributed by atoms with Crippen LogP contribution in [0.25, 0.3) is 10.8 Å². The van der Waals surface area contributed by atoms with Gasteiger partial charge in [-0.15, -0.1) is 0 Å². The highest BCUT2D eigenvalue weighted by molar-refractivity contribution is 5.98. The van der Waals surface area contributed by atoms with E-state index in [1.807, 2.05) is 20.8 Å². The minimum Gasteiger partial charge on any atom is -0.496 e. The Morgan fingerprint density at radius 1 is 1.00 bits per heavy atom. The van der Waals surface area contributed by atoms with Crippen molar-refractivity contribution in [1.29, 1.82) is 0 Å². The first kappa shape index (κ1) is 24.0. The van der Waals surface area contributed by atoms with Crippen molar-refractivity contribution < 1.29 is 24.1 Å². The Kier molecular flexibility index (Phi) is 6.51. The number of carbonyl (C=O) groups is 1. The molecule has 2 aromatic carbocycles. The predicted molar refractivity (Wildman–Crippen MR) is 131 cm³/mol. The Balaban J connectivity index is 1.97. The molecule has 2 atom stereocenters. The van der Waals surface area contributed by atoms with E-state index < -0.39 is 5.97 Å². The molecule has 7 nitrogen and oxygen atoms in total. The monoisotopic (exact) mass is 464 g/mol. The van der Waals surface area contributed by atoms with Crippen molar-refractivity contribution in [2.45, 2.75) is 46.2 Å². The molecule has 0 aliphatic carbocycles. The minimum atomic E-state index is -0.508. The quantitative estimate of drug-likeness (QED) is 0.547. The number of aromatic nitrogens is 1. The molecule has 0 bridgehead atoms. The molecular formula is C27H32N2O5. The van der Waals surface area contributed by atoms with Gasteiger partial charge >= 0.3 is 5.97 Å². The average Bonchev–Trinajstić information content (AvgIpc) is 2.84. The first-order chi connectivity index (χ1) is 16.2. The number of fused-ring (bicyclic) bond motifs is 2. The number of aliphatic hydroxyl groups is 1. The Morgan fingerprint density at radius 3 is 2.26 bits per heavy atom. The largest absolute Gasteiger partial charge is 0.496 e. The van der Waals surface area contributed by atoms with E-state index in [9.17, 15) is 9.90 Å². The van der Waals surface area contributed by atoms with Crippen molar-refractivity contribution in [3.8, 4) is 11.5 Å². The van der Waals surface area contributed by atoms with Gasteiger partial charge in [0.1, 0.15) is 17.2 Å². The molecule has 34 heavy (non-hydrogen) atoms. The van der Waals surface area contributed by atoms with Crippen LogP contribution < -0.4 is 14.8 Å². The van der Waals surface area contributed by atoms with Crippen LogP contribution in [0.1, 0.15) is 61.6 Å². The van der Waals surface area contributed by atoms with Gasteiger partial charge in [0, 0.05) is 16.3 Å². The molecule has 0 spiro atoms. The van der Waals surface area contributed by atoms with Crippen LogP contribution >= 0.6 is 0 Å². The van der Waals surface area contributed by atoms with Crippen LogP contribution in [-0.2, 0) is 11.2 Å². The summed E-state index contributed by atoms with van der Waals surface area (Å²) in [6, 6.07) is 5.40. The number of ether oxygens (including phenoxy) is 3. The molecule has 1 aliphatic heterocycles. The molecule has 0 unspecified atom stereocenters. The normalized spacial score (nSPS) is 17.4. The maximum Gasteiger partial charge on any atom is 0.356 e. The summed E-state index contributed by atoms with van der Waals surface area (Å²) in [5.41, 5.74) is 7.28. The van der Waals surface area contributed by atoms with Gasteiger partial charge in [-0.2, -0.15) is 0 Å². The van der Waals surface area contributed by atoms with Gasteiger partial charge < -0.3 is 19.3 Å². The van der Waals surface area contributed by atoms with Crippen LogP contribution in [-0.4, -0.2) is 44.0 Å². The van der Waals surface area contributed by atoms with Gasteiger partial charge in [0.2, 0.25) is 0 Å². The fourth-order valence-electron chi connectivity index (χ4n) is 5.07. The number of hydrogen-bond acceptors (Lipinski definition) is 7. The maximum atomic E-state index is 12.5. The molecular weight excluding hydrogens is 432 g/mol. The van der Waals surface area contributed by atoms with Crippen LogP contribution in [0.15, 0.2) is 18.2 Å². The molecule has 4 rings (SSSR count). The van der Waals surface area contributed by atoms with Crippen LogP contribution in [0.3, 0.4) is 0 Å². The van der Waals surface area contributed by atoms with Crippen molar-refractivity contribution >= 4 is 16.7 Å². The van der Waals surface area contributed by atoms with E-state index >= 15 is 0 Å². The zero-order valence-corrected chi connectivity index (χ0v) is 20.8. The van der Waals surface area contributed by atoms with Gasteiger partial charge in [0.25, 0.3) is 0 Å². The predicted octanol–water partition coefficient (Wildman–Crippen LogP) is 4.19. The molecule has 180 valence electrons. The Morgan fingerprint density at radius 2 is 1.65 bits per heavy atom. The second kappa shape index (κ2) is 9.24. The third-order valence-electron chi connectivity index (χ3n) is 7.03. The molecule has 1 aromatic heterocycles. The first-order valence-corrected chi connectivity index (χ1v) is 11.4. The van der Waals surface area contributed by atoms with E-state index in [4.69, 9.17) is 19.2 Å². The Bertz CT molecular complexity index is 1280. The highest BCUT2D eigenvalue weighted by Gasteiger charge is 2.33. The minimum absolute atomic E-state index is 0.0988. The number of methoxy groups -OCH3 is 3. The summed E-state index contributed by atoms with van der Waals surface area (Å²) in [5.74, 6) is 1.01. The van der Waals surface area contributed by atoms with Crippen molar-refractivity contribution in [2.24, 2.45) is 0 Å². The van der Waals surface area contributed by atoms with Crippen LogP contribution in [0.5, 0.6) is 11.5 Å². The van der Waals surface area contributed by atoms with Gasteiger partial charge in [-0.05, 0) is 74.1 Å². The van der Waals surface area contributed by atoms with Crippen molar-refractivity contribution in [1.82, 2.24) is 10.3 Å². The zero-order valence-electron chi connectivity index (χ0n) is 20.8. The molecule has 3 aromatic rings. The molecule has 0 saturated heterocycles. The fourth-order valence-corrected chi connectivity index (χ4v) is 5.07. The van der Waals surface area contributed by atoms with Gasteiger partial charge in [0.05, 0.1) is 45.7 Å². The number of carbonyl (C=O) groups excluding carboxylic acids is 1. The second-order valence-electron chi connectivity index (χ2n) is 8.91. The number of rotatable bonds is 5. The maximum absolute atomic E-state index is 12.5.